The number of hydrogen-bond acceptors (Lipinski definition) is 5. The van der Waals surface area contributed by atoms with Crippen molar-refractivity contribution in [3.05, 3.63) is 29.4 Å². The molecule has 0 aliphatic carbocycles. The molecule has 0 saturated carbocycles. The molecule has 0 radical (unpaired) electrons. The molecule has 7 nitrogen and oxygen atoms in total. The fourth-order valence-corrected chi connectivity index (χ4v) is 2.85. The highest BCUT2D eigenvalue weighted by Gasteiger charge is 2.21. The number of aryl methyl sites for hydroxylation is 4. The summed E-state index contributed by atoms with van der Waals surface area (Å²) < 4.78 is 7.18. The lowest BCUT2D eigenvalue weighted by Gasteiger charge is -2.24. The summed E-state index contributed by atoms with van der Waals surface area (Å²) in [6.45, 7) is 4.60. The number of imidazole rings is 1. The zero-order valence-corrected chi connectivity index (χ0v) is 13.0. The smallest absolute Gasteiger partial charge is 0.226 e. The van der Waals surface area contributed by atoms with Gasteiger partial charge in [0.15, 0.2) is 5.82 Å². The van der Waals surface area contributed by atoms with Crippen molar-refractivity contribution in [3.8, 4) is 0 Å². The number of fused-ring (bicyclic) bond motifs is 1. The minimum Gasteiger partial charge on any atom is -0.352 e. The second kappa shape index (κ2) is 6.29. The minimum absolute atomic E-state index is 0.0847. The van der Waals surface area contributed by atoms with Crippen LogP contribution in [0.4, 0.5) is 0 Å². The molecular formula is C15H21N5O2. The second-order valence-electron chi connectivity index (χ2n) is 5.84. The fourth-order valence-electron chi connectivity index (χ4n) is 2.85. The SMILES string of the molecule is Cc1cn2c(n1)CC[C@@H](NC(=O)CCCc1nc(C)no1)C2. The van der Waals surface area contributed by atoms with Gasteiger partial charge < -0.3 is 14.4 Å². The predicted octanol–water partition coefficient (Wildman–Crippen LogP) is 1.34. The largest absolute Gasteiger partial charge is 0.352 e. The first-order chi connectivity index (χ1) is 10.6. The van der Waals surface area contributed by atoms with Gasteiger partial charge in [0.25, 0.3) is 0 Å². The average Bonchev–Trinajstić information content (AvgIpc) is 3.03. The van der Waals surface area contributed by atoms with E-state index < -0.39 is 0 Å². The summed E-state index contributed by atoms with van der Waals surface area (Å²) in [5.74, 6) is 2.44. The van der Waals surface area contributed by atoms with Crippen molar-refractivity contribution >= 4 is 5.91 Å². The predicted molar refractivity (Wildman–Crippen MR) is 79.2 cm³/mol. The zero-order chi connectivity index (χ0) is 15.5. The van der Waals surface area contributed by atoms with Crippen LogP contribution >= 0.6 is 0 Å². The van der Waals surface area contributed by atoms with E-state index in [1.54, 1.807) is 6.92 Å². The first-order valence-electron chi connectivity index (χ1n) is 7.71. The molecule has 1 amide bonds. The van der Waals surface area contributed by atoms with Crippen molar-refractivity contribution < 1.29 is 9.32 Å². The van der Waals surface area contributed by atoms with Crippen LogP contribution in [0.2, 0.25) is 0 Å². The summed E-state index contributed by atoms with van der Waals surface area (Å²) in [5, 5.41) is 6.84. The Morgan fingerprint density at radius 1 is 1.45 bits per heavy atom. The first-order valence-corrected chi connectivity index (χ1v) is 7.71. The molecule has 118 valence electrons. The summed E-state index contributed by atoms with van der Waals surface area (Å²) in [6.07, 6.45) is 5.75. The third kappa shape index (κ3) is 3.52. The van der Waals surface area contributed by atoms with E-state index in [9.17, 15) is 4.79 Å². The van der Waals surface area contributed by atoms with Gasteiger partial charge in [-0.25, -0.2) is 4.98 Å². The zero-order valence-electron chi connectivity index (χ0n) is 13.0. The highest BCUT2D eigenvalue weighted by atomic mass is 16.5. The van der Waals surface area contributed by atoms with E-state index in [1.165, 1.54) is 0 Å². The Labute approximate surface area is 129 Å². The van der Waals surface area contributed by atoms with Crippen molar-refractivity contribution in [2.24, 2.45) is 0 Å². The van der Waals surface area contributed by atoms with Crippen LogP contribution < -0.4 is 5.32 Å². The molecule has 3 rings (SSSR count). The summed E-state index contributed by atoms with van der Waals surface area (Å²) in [5.41, 5.74) is 1.04. The topological polar surface area (TPSA) is 85.8 Å². The van der Waals surface area contributed by atoms with Gasteiger partial charge in [-0.15, -0.1) is 0 Å². The lowest BCUT2D eigenvalue weighted by Crippen LogP contribution is -2.40. The molecule has 0 spiro atoms. The Morgan fingerprint density at radius 2 is 2.32 bits per heavy atom. The number of hydrogen-bond donors (Lipinski definition) is 1. The summed E-state index contributed by atoms with van der Waals surface area (Å²) in [7, 11) is 0. The highest BCUT2D eigenvalue weighted by molar-refractivity contribution is 5.76. The molecule has 0 unspecified atom stereocenters. The lowest BCUT2D eigenvalue weighted by atomic mass is 10.1. The number of amides is 1. The van der Waals surface area contributed by atoms with Crippen LogP contribution in [0.25, 0.3) is 0 Å². The van der Waals surface area contributed by atoms with Crippen molar-refractivity contribution in [1.82, 2.24) is 25.0 Å². The number of rotatable bonds is 5. The molecule has 0 bridgehead atoms. The van der Waals surface area contributed by atoms with Crippen LogP contribution in [0.5, 0.6) is 0 Å². The molecule has 1 aliphatic rings. The van der Waals surface area contributed by atoms with Crippen molar-refractivity contribution in [2.75, 3.05) is 0 Å². The van der Waals surface area contributed by atoms with Crippen LogP contribution in [-0.2, 0) is 24.2 Å². The summed E-state index contributed by atoms with van der Waals surface area (Å²) >= 11 is 0. The monoisotopic (exact) mass is 303 g/mol. The van der Waals surface area contributed by atoms with Gasteiger partial charge in [-0.2, -0.15) is 4.98 Å². The minimum atomic E-state index is 0.0847. The van der Waals surface area contributed by atoms with Crippen LogP contribution in [0.1, 0.15) is 42.5 Å². The number of carbonyl (C=O) groups excluding carboxylic acids is 1. The molecule has 1 aliphatic heterocycles. The average molecular weight is 303 g/mol. The van der Waals surface area contributed by atoms with Crippen molar-refractivity contribution in [2.45, 2.75) is 58.5 Å². The molecule has 0 saturated heterocycles. The van der Waals surface area contributed by atoms with Gasteiger partial charge in [0.1, 0.15) is 5.82 Å². The van der Waals surface area contributed by atoms with E-state index in [2.05, 4.69) is 25.0 Å². The van der Waals surface area contributed by atoms with Crippen molar-refractivity contribution in [3.63, 3.8) is 0 Å². The quantitative estimate of drug-likeness (QED) is 0.900. The Bertz CT molecular complexity index is 661. The molecule has 1 N–H and O–H groups in total. The van der Waals surface area contributed by atoms with Crippen LogP contribution in [-0.4, -0.2) is 31.6 Å². The van der Waals surface area contributed by atoms with Gasteiger partial charge in [-0.05, 0) is 26.7 Å². The number of aromatic nitrogens is 4. The summed E-state index contributed by atoms with van der Waals surface area (Å²) in [4.78, 5) is 20.6. The molecule has 7 heteroatoms. The van der Waals surface area contributed by atoms with E-state index in [0.29, 0.717) is 24.6 Å². The normalized spacial score (nSPS) is 17.3. The Morgan fingerprint density at radius 3 is 3.09 bits per heavy atom. The molecular weight excluding hydrogens is 282 g/mol. The van der Waals surface area contributed by atoms with Crippen LogP contribution in [0.3, 0.4) is 0 Å². The third-order valence-electron chi connectivity index (χ3n) is 3.84. The van der Waals surface area contributed by atoms with E-state index >= 15 is 0 Å². The molecule has 2 aromatic rings. The van der Waals surface area contributed by atoms with E-state index in [-0.39, 0.29) is 11.9 Å². The molecule has 0 aromatic carbocycles. The molecule has 2 aromatic heterocycles. The Hall–Kier alpha value is -2.18. The maximum atomic E-state index is 12.0. The second-order valence-corrected chi connectivity index (χ2v) is 5.84. The van der Waals surface area contributed by atoms with Crippen LogP contribution in [0, 0.1) is 13.8 Å². The lowest BCUT2D eigenvalue weighted by molar-refractivity contribution is -0.122. The Kier molecular flexibility index (Phi) is 4.22. The van der Waals surface area contributed by atoms with Gasteiger partial charge in [0, 0.05) is 38.0 Å². The van der Waals surface area contributed by atoms with E-state index in [0.717, 1.165) is 37.3 Å². The van der Waals surface area contributed by atoms with Gasteiger partial charge in [0.05, 0.1) is 5.69 Å². The number of nitrogens with zero attached hydrogens (tertiary/aromatic N) is 4. The van der Waals surface area contributed by atoms with Crippen molar-refractivity contribution in [1.29, 1.82) is 0 Å². The van der Waals surface area contributed by atoms with Gasteiger partial charge in [-0.1, -0.05) is 5.16 Å². The first kappa shape index (κ1) is 14.7. The van der Waals surface area contributed by atoms with E-state index in [4.69, 9.17) is 4.52 Å². The molecule has 3 heterocycles. The molecule has 22 heavy (non-hydrogen) atoms. The van der Waals surface area contributed by atoms with Gasteiger partial charge >= 0.3 is 0 Å². The third-order valence-corrected chi connectivity index (χ3v) is 3.84. The highest BCUT2D eigenvalue weighted by Crippen LogP contribution is 2.15. The molecule has 1 atom stereocenters. The summed E-state index contributed by atoms with van der Waals surface area (Å²) in [6, 6.07) is 0.194. The maximum absolute atomic E-state index is 12.0. The number of carbonyl (C=O) groups is 1. The van der Waals surface area contributed by atoms with Crippen LogP contribution in [0.15, 0.2) is 10.7 Å². The standard InChI is InChI=1S/C15H21N5O2/c1-10-8-20-9-12(6-7-13(20)16-10)18-14(21)4-3-5-15-17-11(2)19-22-15/h8,12H,3-7,9H2,1-2H3,(H,18,21)/t12-/m1/s1. The van der Waals surface area contributed by atoms with Gasteiger partial charge in [-0.3, -0.25) is 4.79 Å². The maximum Gasteiger partial charge on any atom is 0.226 e. The fraction of sp³-hybridized carbons (Fsp3) is 0.600. The Balaban J connectivity index is 1.42. The number of nitrogens with one attached hydrogen (secondary N) is 1. The molecule has 0 fully saturated rings. The van der Waals surface area contributed by atoms with Gasteiger partial charge in [0.2, 0.25) is 11.8 Å². The van der Waals surface area contributed by atoms with E-state index in [1.807, 2.05) is 13.1 Å².